The summed E-state index contributed by atoms with van der Waals surface area (Å²) in [6.07, 6.45) is 3.58. The van der Waals surface area contributed by atoms with E-state index in [1.807, 2.05) is 24.5 Å². The normalized spacial score (nSPS) is 19.8. The third kappa shape index (κ3) is 4.23. The Hall–Kier alpha value is -2.52. The molecule has 9 heteroatoms. The fourth-order valence-electron chi connectivity index (χ4n) is 4.12. The number of aliphatic hydroxyl groups is 1. The second-order valence-corrected chi connectivity index (χ2v) is 12.1. The average Bonchev–Trinajstić information content (AvgIpc) is 3.24. The van der Waals surface area contributed by atoms with Crippen LogP contribution in [0.25, 0.3) is 11.2 Å². The third-order valence-corrected chi connectivity index (χ3v) is 7.14. The second-order valence-electron chi connectivity index (χ2n) is 10.2. The lowest BCUT2D eigenvalue weighted by Gasteiger charge is -2.23. The number of nitrogens with zero attached hydrogens (tertiary/aromatic N) is 5. The number of hydrogen-bond donors (Lipinski definition) is 1. The minimum atomic E-state index is -3.38. The predicted octanol–water partition coefficient (Wildman–Crippen LogP) is 2.85. The Balaban J connectivity index is 1.88. The highest BCUT2D eigenvalue weighted by Gasteiger charge is 2.34. The van der Waals surface area contributed by atoms with Gasteiger partial charge in [-0.3, -0.25) is 0 Å². The first-order valence-electron chi connectivity index (χ1n) is 10.8. The van der Waals surface area contributed by atoms with Crippen molar-refractivity contribution >= 4 is 26.8 Å². The minimum Gasteiger partial charge on any atom is -0.388 e. The van der Waals surface area contributed by atoms with Crippen LogP contribution in [0.15, 0.2) is 29.4 Å². The first kappa shape index (κ1) is 22.7. The third-order valence-electron chi connectivity index (χ3n) is 5.96. The van der Waals surface area contributed by atoms with Crippen LogP contribution in [-0.2, 0) is 21.8 Å². The smallest absolute Gasteiger partial charge is 0.175 e. The molecule has 3 heterocycles. The van der Waals surface area contributed by atoms with E-state index in [4.69, 9.17) is 9.97 Å². The second kappa shape index (κ2) is 7.52. The number of benzene rings is 1. The molecular weight excluding hydrogens is 426 g/mol. The quantitative estimate of drug-likeness (QED) is 0.643. The Morgan fingerprint density at radius 2 is 1.94 bits per heavy atom. The highest BCUT2D eigenvalue weighted by atomic mass is 32.2. The number of hydrogen-bond acceptors (Lipinski definition) is 7. The van der Waals surface area contributed by atoms with Crippen LogP contribution in [0.4, 0.5) is 5.82 Å². The molecule has 1 aromatic carbocycles. The maximum Gasteiger partial charge on any atom is 0.175 e. The van der Waals surface area contributed by atoms with E-state index in [-0.39, 0.29) is 5.41 Å². The number of anilines is 1. The highest BCUT2D eigenvalue weighted by Crippen LogP contribution is 2.32. The van der Waals surface area contributed by atoms with Crippen molar-refractivity contribution in [1.29, 1.82) is 0 Å². The summed E-state index contributed by atoms with van der Waals surface area (Å²) in [7, 11) is -3.38. The van der Waals surface area contributed by atoms with E-state index in [1.54, 1.807) is 18.5 Å². The van der Waals surface area contributed by atoms with Gasteiger partial charge >= 0.3 is 0 Å². The summed E-state index contributed by atoms with van der Waals surface area (Å²) in [5, 5.41) is 10.5. The van der Waals surface area contributed by atoms with E-state index in [9.17, 15) is 13.5 Å². The van der Waals surface area contributed by atoms with Crippen LogP contribution < -0.4 is 4.90 Å². The molecule has 1 fully saturated rings. The SMILES string of the molecule is Cc1cccc(S(C)(=O)=O)c1Cn1cnc2c(N3CCC(C)(O)C3)nc(C(C)(C)C)nc21. The number of imidazole rings is 1. The number of aryl methyl sites for hydroxylation is 1. The molecule has 4 rings (SSSR count). The molecule has 0 radical (unpaired) electrons. The number of sulfone groups is 1. The van der Waals surface area contributed by atoms with E-state index in [0.717, 1.165) is 11.1 Å². The Bertz CT molecular complexity index is 1290. The molecule has 1 aliphatic heterocycles. The van der Waals surface area contributed by atoms with Crippen molar-refractivity contribution in [2.75, 3.05) is 24.2 Å². The Labute approximate surface area is 189 Å². The molecule has 0 saturated carbocycles. The van der Waals surface area contributed by atoms with Gasteiger partial charge < -0.3 is 14.6 Å². The van der Waals surface area contributed by atoms with Gasteiger partial charge in [0.2, 0.25) is 0 Å². The van der Waals surface area contributed by atoms with Gasteiger partial charge in [-0.1, -0.05) is 32.9 Å². The molecule has 32 heavy (non-hydrogen) atoms. The zero-order chi connectivity index (χ0) is 23.5. The first-order chi connectivity index (χ1) is 14.8. The van der Waals surface area contributed by atoms with Crippen molar-refractivity contribution in [3.8, 4) is 0 Å². The molecule has 1 N–H and O–H groups in total. The van der Waals surface area contributed by atoms with Gasteiger partial charge in [0.25, 0.3) is 0 Å². The van der Waals surface area contributed by atoms with Gasteiger partial charge in [-0.2, -0.15) is 0 Å². The molecule has 3 aromatic rings. The zero-order valence-electron chi connectivity index (χ0n) is 19.5. The van der Waals surface area contributed by atoms with Crippen LogP contribution in [-0.4, -0.2) is 58.0 Å². The summed E-state index contributed by atoms with van der Waals surface area (Å²) in [6.45, 7) is 11.4. The molecule has 0 spiro atoms. The van der Waals surface area contributed by atoms with Crippen molar-refractivity contribution in [1.82, 2.24) is 19.5 Å². The predicted molar refractivity (Wildman–Crippen MR) is 125 cm³/mol. The van der Waals surface area contributed by atoms with E-state index >= 15 is 0 Å². The topological polar surface area (TPSA) is 101 Å². The van der Waals surface area contributed by atoms with Crippen LogP contribution in [0, 0.1) is 6.92 Å². The Morgan fingerprint density at radius 1 is 1.22 bits per heavy atom. The molecule has 172 valence electrons. The Morgan fingerprint density at radius 3 is 2.53 bits per heavy atom. The molecule has 0 bridgehead atoms. The van der Waals surface area contributed by atoms with Gasteiger partial charge in [-0.05, 0) is 37.5 Å². The minimum absolute atomic E-state index is 0.291. The van der Waals surface area contributed by atoms with Crippen molar-refractivity contribution in [3.63, 3.8) is 0 Å². The lowest BCUT2D eigenvalue weighted by molar-refractivity contribution is 0.0839. The molecule has 8 nitrogen and oxygen atoms in total. The largest absolute Gasteiger partial charge is 0.388 e. The number of β-amino-alcohol motifs (C(OH)–C–C–N with tert-alkyl or cyclic N) is 1. The van der Waals surface area contributed by atoms with Crippen molar-refractivity contribution < 1.29 is 13.5 Å². The van der Waals surface area contributed by atoms with Crippen molar-refractivity contribution in [2.24, 2.45) is 0 Å². The summed E-state index contributed by atoms with van der Waals surface area (Å²) in [4.78, 5) is 16.7. The maximum absolute atomic E-state index is 12.4. The summed E-state index contributed by atoms with van der Waals surface area (Å²) >= 11 is 0. The molecule has 1 saturated heterocycles. The summed E-state index contributed by atoms with van der Waals surface area (Å²) in [5.41, 5.74) is 1.89. The van der Waals surface area contributed by atoms with Gasteiger partial charge in [-0.25, -0.2) is 23.4 Å². The van der Waals surface area contributed by atoms with Crippen LogP contribution in [0.5, 0.6) is 0 Å². The molecule has 1 aliphatic rings. The fourth-order valence-corrected chi connectivity index (χ4v) is 5.12. The molecule has 0 aliphatic carbocycles. The number of aromatic nitrogens is 4. The number of rotatable bonds is 4. The van der Waals surface area contributed by atoms with Crippen LogP contribution >= 0.6 is 0 Å². The van der Waals surface area contributed by atoms with Crippen molar-refractivity contribution in [2.45, 2.75) is 63.5 Å². The lowest BCUT2D eigenvalue weighted by Crippen LogP contribution is -2.31. The Kier molecular flexibility index (Phi) is 5.33. The van der Waals surface area contributed by atoms with Gasteiger partial charge in [0, 0.05) is 24.8 Å². The van der Waals surface area contributed by atoms with Crippen LogP contribution in [0.2, 0.25) is 0 Å². The number of fused-ring (bicyclic) bond motifs is 1. The standard InChI is InChI=1S/C23H31N5O3S/c1-15-8-7-9-17(32(6,30)31)16(15)12-28-14-24-18-19(27-11-10-23(5,29)13-27)25-21(22(2,3)4)26-20(18)28/h7-9,14,29H,10-13H2,1-6H3. The molecule has 2 aromatic heterocycles. The first-order valence-corrected chi connectivity index (χ1v) is 12.6. The lowest BCUT2D eigenvalue weighted by atomic mass is 9.96. The monoisotopic (exact) mass is 457 g/mol. The maximum atomic E-state index is 12.4. The fraction of sp³-hybridized carbons (Fsp3) is 0.522. The summed E-state index contributed by atoms with van der Waals surface area (Å²) in [6, 6.07) is 5.32. The molecular formula is C23H31N5O3S. The zero-order valence-corrected chi connectivity index (χ0v) is 20.4. The van der Waals surface area contributed by atoms with E-state index < -0.39 is 15.4 Å². The van der Waals surface area contributed by atoms with E-state index in [0.29, 0.717) is 53.8 Å². The molecule has 1 atom stereocenters. The van der Waals surface area contributed by atoms with Gasteiger partial charge in [0.1, 0.15) is 5.82 Å². The summed E-state index contributed by atoms with van der Waals surface area (Å²) < 4.78 is 26.7. The average molecular weight is 458 g/mol. The van der Waals surface area contributed by atoms with Gasteiger partial charge in [0.05, 0.1) is 23.4 Å². The summed E-state index contributed by atoms with van der Waals surface area (Å²) in [5.74, 6) is 1.39. The van der Waals surface area contributed by atoms with E-state index in [2.05, 4.69) is 30.7 Å². The highest BCUT2D eigenvalue weighted by molar-refractivity contribution is 7.90. The van der Waals surface area contributed by atoms with Gasteiger partial charge in [0.15, 0.2) is 26.8 Å². The van der Waals surface area contributed by atoms with Gasteiger partial charge in [-0.15, -0.1) is 0 Å². The van der Waals surface area contributed by atoms with Crippen LogP contribution in [0.1, 0.15) is 51.1 Å². The van der Waals surface area contributed by atoms with E-state index in [1.165, 1.54) is 6.26 Å². The molecule has 0 amide bonds. The molecule has 1 unspecified atom stereocenters. The van der Waals surface area contributed by atoms with Crippen molar-refractivity contribution in [3.05, 3.63) is 41.5 Å². The van der Waals surface area contributed by atoms with Crippen LogP contribution in [0.3, 0.4) is 0 Å².